The summed E-state index contributed by atoms with van der Waals surface area (Å²) in [6.45, 7) is 0. The SMILES string of the molecule is N#CC12CC(n3nc4n(c3=O)[C@H](c3cccc(C(F)(F)F)c3)CC4)(C1)C2. The Kier molecular flexibility index (Phi) is 2.76. The van der Waals surface area contributed by atoms with Gasteiger partial charge in [0.15, 0.2) is 0 Å². The quantitative estimate of drug-likeness (QED) is 0.827. The maximum absolute atomic E-state index is 13.0. The summed E-state index contributed by atoms with van der Waals surface area (Å²) in [5, 5.41) is 13.6. The molecule has 0 spiro atoms. The van der Waals surface area contributed by atoms with E-state index in [1.807, 2.05) is 0 Å². The van der Waals surface area contributed by atoms with E-state index in [0.29, 0.717) is 43.5 Å². The topological polar surface area (TPSA) is 63.6 Å². The van der Waals surface area contributed by atoms with Gasteiger partial charge < -0.3 is 0 Å². The van der Waals surface area contributed by atoms with Crippen molar-refractivity contribution in [1.82, 2.24) is 14.3 Å². The van der Waals surface area contributed by atoms with E-state index in [2.05, 4.69) is 11.2 Å². The Hall–Kier alpha value is -2.56. The molecule has 5 nitrogen and oxygen atoms in total. The zero-order valence-electron chi connectivity index (χ0n) is 13.8. The van der Waals surface area contributed by atoms with Gasteiger partial charge in [0.05, 0.1) is 28.6 Å². The van der Waals surface area contributed by atoms with Gasteiger partial charge in [-0.3, -0.25) is 4.57 Å². The standard InChI is InChI=1S/C18H15F3N4O/c19-18(20,21)12-3-1-2-11(6-12)13-4-5-14-23-25(15(26)24(13)14)17-7-16(8-17,9-17)10-22/h1-3,6,13H,4-5,7-9H2/t13-,16?,17?/m0/s1. The van der Waals surface area contributed by atoms with E-state index in [1.54, 1.807) is 6.07 Å². The molecule has 1 aromatic carbocycles. The van der Waals surface area contributed by atoms with E-state index in [0.717, 1.165) is 12.1 Å². The molecule has 2 aromatic rings. The third-order valence-corrected chi connectivity index (χ3v) is 6.12. The first-order valence-corrected chi connectivity index (χ1v) is 8.56. The maximum Gasteiger partial charge on any atom is 0.416 e. The number of aryl methyl sites for hydroxylation is 1. The minimum absolute atomic E-state index is 0.272. The first-order valence-electron chi connectivity index (χ1n) is 8.56. The molecule has 26 heavy (non-hydrogen) atoms. The molecule has 2 heterocycles. The van der Waals surface area contributed by atoms with Crippen molar-refractivity contribution in [3.05, 3.63) is 51.7 Å². The molecule has 1 aromatic heterocycles. The number of rotatable bonds is 2. The number of hydrogen-bond acceptors (Lipinski definition) is 3. The van der Waals surface area contributed by atoms with Crippen LogP contribution in [0.25, 0.3) is 0 Å². The van der Waals surface area contributed by atoms with Crippen molar-refractivity contribution in [2.24, 2.45) is 5.41 Å². The van der Waals surface area contributed by atoms with Crippen LogP contribution in [0.1, 0.15) is 48.7 Å². The van der Waals surface area contributed by atoms with Crippen molar-refractivity contribution < 1.29 is 13.2 Å². The Morgan fingerprint density at radius 1 is 1.27 bits per heavy atom. The zero-order valence-corrected chi connectivity index (χ0v) is 13.8. The summed E-state index contributed by atoms with van der Waals surface area (Å²) in [5.74, 6) is 0.619. The smallest absolute Gasteiger partial charge is 0.271 e. The number of hydrogen-bond donors (Lipinski definition) is 0. The van der Waals surface area contributed by atoms with Crippen molar-refractivity contribution in [1.29, 1.82) is 5.26 Å². The number of halogens is 3. The summed E-state index contributed by atoms with van der Waals surface area (Å²) in [6, 6.07) is 7.04. The van der Waals surface area contributed by atoms with Gasteiger partial charge >= 0.3 is 11.9 Å². The van der Waals surface area contributed by atoms with Crippen LogP contribution in [-0.2, 0) is 18.1 Å². The molecule has 8 heteroatoms. The lowest BCUT2D eigenvalue weighted by molar-refractivity contribution is -0.155. The molecule has 0 saturated heterocycles. The normalized spacial score (nSPS) is 31.7. The highest BCUT2D eigenvalue weighted by Crippen LogP contribution is 2.70. The van der Waals surface area contributed by atoms with Crippen LogP contribution in [0.3, 0.4) is 0 Å². The van der Waals surface area contributed by atoms with E-state index in [1.165, 1.54) is 15.3 Å². The molecule has 0 unspecified atom stereocenters. The Morgan fingerprint density at radius 2 is 2.00 bits per heavy atom. The lowest BCUT2D eigenvalue weighted by Gasteiger charge is -2.65. The van der Waals surface area contributed by atoms with Gasteiger partial charge in [-0.05, 0) is 43.4 Å². The molecular weight excluding hydrogens is 345 g/mol. The van der Waals surface area contributed by atoms with Crippen LogP contribution in [0.2, 0.25) is 0 Å². The van der Waals surface area contributed by atoms with Crippen LogP contribution in [0, 0.1) is 16.7 Å². The lowest BCUT2D eigenvalue weighted by Crippen LogP contribution is -2.69. The fourth-order valence-electron chi connectivity index (χ4n) is 4.92. The average Bonchev–Trinajstić information content (AvgIpc) is 3.06. The van der Waals surface area contributed by atoms with Gasteiger partial charge in [-0.1, -0.05) is 12.1 Å². The van der Waals surface area contributed by atoms with Crippen molar-refractivity contribution >= 4 is 0 Å². The minimum atomic E-state index is -4.41. The lowest BCUT2D eigenvalue weighted by atomic mass is 9.40. The molecule has 0 radical (unpaired) electrons. The first kappa shape index (κ1) is 15.7. The molecule has 2 bridgehead atoms. The van der Waals surface area contributed by atoms with Crippen LogP contribution in [0.4, 0.5) is 13.2 Å². The van der Waals surface area contributed by atoms with Gasteiger partial charge in [0.2, 0.25) is 0 Å². The Bertz CT molecular complexity index is 1010. The van der Waals surface area contributed by atoms with Crippen LogP contribution in [0.5, 0.6) is 0 Å². The second-order valence-corrected chi connectivity index (χ2v) is 7.81. The molecule has 134 valence electrons. The molecule has 1 aliphatic heterocycles. The molecular formula is C18H15F3N4O. The van der Waals surface area contributed by atoms with Crippen LogP contribution >= 0.6 is 0 Å². The van der Waals surface area contributed by atoms with E-state index in [9.17, 15) is 18.0 Å². The minimum Gasteiger partial charge on any atom is -0.271 e. The van der Waals surface area contributed by atoms with Gasteiger partial charge in [-0.25, -0.2) is 9.48 Å². The maximum atomic E-state index is 13.0. The predicted octanol–water partition coefficient (Wildman–Crippen LogP) is 3.00. The zero-order chi connectivity index (χ0) is 18.3. The monoisotopic (exact) mass is 360 g/mol. The van der Waals surface area contributed by atoms with Crippen LogP contribution in [-0.4, -0.2) is 14.3 Å². The summed E-state index contributed by atoms with van der Waals surface area (Å²) in [5.41, 5.74) is -1.16. The van der Waals surface area contributed by atoms with Crippen molar-refractivity contribution in [2.45, 2.75) is 49.9 Å². The number of benzene rings is 1. The largest absolute Gasteiger partial charge is 0.416 e. The van der Waals surface area contributed by atoms with E-state index >= 15 is 0 Å². The van der Waals surface area contributed by atoms with Crippen LogP contribution in [0.15, 0.2) is 29.1 Å². The summed E-state index contributed by atoms with van der Waals surface area (Å²) in [6.07, 6.45) is -1.37. The number of fused-ring (bicyclic) bond motifs is 1. The van der Waals surface area contributed by atoms with Gasteiger partial charge in [0.1, 0.15) is 5.82 Å². The molecule has 6 rings (SSSR count). The molecule has 0 amide bonds. The highest BCUT2D eigenvalue weighted by molar-refractivity contribution is 5.31. The predicted molar refractivity (Wildman–Crippen MR) is 84.3 cm³/mol. The molecule has 4 aliphatic rings. The summed E-state index contributed by atoms with van der Waals surface area (Å²) < 4.78 is 42.0. The van der Waals surface area contributed by atoms with Crippen molar-refractivity contribution in [2.75, 3.05) is 0 Å². The van der Waals surface area contributed by atoms with Gasteiger partial charge in [-0.15, -0.1) is 0 Å². The third kappa shape index (κ3) is 1.86. The Balaban J connectivity index is 1.52. The molecule has 0 N–H and O–H groups in total. The van der Waals surface area contributed by atoms with Gasteiger partial charge in [-0.2, -0.15) is 23.5 Å². The van der Waals surface area contributed by atoms with Gasteiger partial charge in [0.25, 0.3) is 0 Å². The highest BCUT2D eigenvalue weighted by Gasteiger charge is 2.71. The molecule has 1 atom stereocenters. The molecule has 3 saturated carbocycles. The summed E-state index contributed by atoms with van der Waals surface area (Å²) in [7, 11) is 0. The second kappa shape index (κ2) is 4.58. The third-order valence-electron chi connectivity index (χ3n) is 6.12. The number of nitrogens with zero attached hydrogens (tertiary/aromatic N) is 4. The highest BCUT2D eigenvalue weighted by atomic mass is 19.4. The number of aromatic nitrogens is 3. The summed E-state index contributed by atoms with van der Waals surface area (Å²) in [4.78, 5) is 12.9. The number of nitriles is 1. The fourth-order valence-corrected chi connectivity index (χ4v) is 4.92. The van der Waals surface area contributed by atoms with Crippen molar-refractivity contribution in [3.63, 3.8) is 0 Å². The van der Waals surface area contributed by atoms with E-state index in [-0.39, 0.29) is 16.6 Å². The average molecular weight is 360 g/mol. The summed E-state index contributed by atoms with van der Waals surface area (Å²) >= 11 is 0. The molecule has 3 fully saturated rings. The van der Waals surface area contributed by atoms with Crippen molar-refractivity contribution in [3.8, 4) is 6.07 Å². The van der Waals surface area contributed by atoms with E-state index < -0.39 is 17.8 Å². The van der Waals surface area contributed by atoms with Crippen LogP contribution < -0.4 is 5.69 Å². The Morgan fingerprint density at radius 3 is 2.65 bits per heavy atom. The number of alkyl halides is 3. The Labute approximate surface area is 146 Å². The second-order valence-electron chi connectivity index (χ2n) is 7.81. The fraction of sp³-hybridized carbons (Fsp3) is 0.500. The molecule has 3 aliphatic carbocycles. The first-order chi connectivity index (χ1) is 12.3. The van der Waals surface area contributed by atoms with Gasteiger partial charge in [0, 0.05) is 6.42 Å². The van der Waals surface area contributed by atoms with E-state index in [4.69, 9.17) is 5.26 Å².